The number of ether oxygens (including phenoxy) is 1. The van der Waals surface area contributed by atoms with E-state index in [0.717, 1.165) is 60.9 Å². The summed E-state index contributed by atoms with van der Waals surface area (Å²) in [4.78, 5) is 11.0. The second-order valence-corrected chi connectivity index (χ2v) is 8.83. The van der Waals surface area contributed by atoms with E-state index in [-0.39, 0.29) is 35.8 Å². The van der Waals surface area contributed by atoms with E-state index in [2.05, 4.69) is 25.5 Å². The van der Waals surface area contributed by atoms with Crippen molar-refractivity contribution in [2.75, 3.05) is 52.2 Å². The molecule has 2 heterocycles. The number of aliphatic imine (C=N–C) groups is 1. The fourth-order valence-electron chi connectivity index (χ4n) is 3.17. The molecule has 1 atom stereocenters. The van der Waals surface area contributed by atoms with Crippen LogP contribution in [0.1, 0.15) is 18.0 Å². The van der Waals surface area contributed by atoms with Gasteiger partial charge in [0.2, 0.25) is 0 Å². The third-order valence-corrected chi connectivity index (χ3v) is 6.73. The third-order valence-electron chi connectivity index (χ3n) is 4.68. The summed E-state index contributed by atoms with van der Waals surface area (Å²) >= 11 is 3.45. The van der Waals surface area contributed by atoms with Crippen molar-refractivity contribution in [2.45, 2.75) is 16.8 Å². The SMILES string of the molecule is CN=C(NCCCSc1nccs1)NCC(c1ccc(F)cc1)N1CCOCC1.I. The van der Waals surface area contributed by atoms with Crippen molar-refractivity contribution in [3.8, 4) is 0 Å². The van der Waals surface area contributed by atoms with Gasteiger partial charge in [0.15, 0.2) is 5.96 Å². The van der Waals surface area contributed by atoms with Crippen molar-refractivity contribution in [3.05, 3.63) is 47.2 Å². The van der Waals surface area contributed by atoms with Crippen LogP contribution in [0.15, 0.2) is 45.2 Å². The third kappa shape index (κ3) is 8.29. The van der Waals surface area contributed by atoms with Gasteiger partial charge < -0.3 is 15.4 Å². The molecule has 0 spiro atoms. The maximum Gasteiger partial charge on any atom is 0.191 e. The summed E-state index contributed by atoms with van der Waals surface area (Å²) in [6, 6.07) is 6.91. The lowest BCUT2D eigenvalue weighted by atomic mass is 10.0. The maximum atomic E-state index is 13.4. The van der Waals surface area contributed by atoms with Crippen molar-refractivity contribution >= 4 is 53.0 Å². The van der Waals surface area contributed by atoms with E-state index in [4.69, 9.17) is 4.74 Å². The first-order valence-electron chi connectivity index (χ1n) is 9.80. The van der Waals surface area contributed by atoms with Crippen molar-refractivity contribution in [2.24, 2.45) is 4.99 Å². The highest BCUT2D eigenvalue weighted by Crippen LogP contribution is 2.22. The van der Waals surface area contributed by atoms with E-state index in [1.165, 1.54) is 12.1 Å². The number of benzene rings is 1. The first-order valence-corrected chi connectivity index (χ1v) is 11.7. The molecule has 1 aliphatic heterocycles. The first-order chi connectivity index (χ1) is 14.3. The Balaban J connectivity index is 0.00000320. The second-order valence-electron chi connectivity index (χ2n) is 6.60. The molecule has 1 unspecified atom stereocenters. The molecule has 1 fully saturated rings. The molecule has 0 radical (unpaired) electrons. The zero-order valence-corrected chi connectivity index (χ0v) is 21.0. The van der Waals surface area contributed by atoms with Gasteiger partial charge in [0.25, 0.3) is 0 Å². The van der Waals surface area contributed by atoms with Gasteiger partial charge in [0, 0.05) is 50.6 Å². The molecule has 1 aromatic carbocycles. The molecule has 1 saturated heterocycles. The fraction of sp³-hybridized carbons (Fsp3) is 0.500. The van der Waals surface area contributed by atoms with E-state index >= 15 is 0 Å². The van der Waals surface area contributed by atoms with Gasteiger partial charge in [-0.1, -0.05) is 23.9 Å². The molecule has 0 aliphatic carbocycles. The van der Waals surface area contributed by atoms with Crippen molar-refractivity contribution in [3.63, 3.8) is 0 Å². The molecule has 1 aliphatic rings. The minimum Gasteiger partial charge on any atom is -0.379 e. The largest absolute Gasteiger partial charge is 0.379 e. The van der Waals surface area contributed by atoms with Crippen molar-refractivity contribution in [1.29, 1.82) is 0 Å². The topological polar surface area (TPSA) is 61.8 Å². The Morgan fingerprint density at radius 2 is 2.07 bits per heavy atom. The molecular formula is C20H29FIN5OS2. The van der Waals surface area contributed by atoms with Gasteiger partial charge in [-0.2, -0.15) is 0 Å². The predicted molar refractivity (Wildman–Crippen MR) is 134 cm³/mol. The van der Waals surface area contributed by atoms with Crippen LogP contribution >= 0.6 is 47.1 Å². The Labute approximate surface area is 203 Å². The van der Waals surface area contributed by atoms with Crippen LogP contribution in [0.2, 0.25) is 0 Å². The van der Waals surface area contributed by atoms with E-state index in [9.17, 15) is 4.39 Å². The number of nitrogens with one attached hydrogen (secondary N) is 2. The number of nitrogens with zero attached hydrogens (tertiary/aromatic N) is 3. The van der Waals surface area contributed by atoms with Gasteiger partial charge in [-0.15, -0.1) is 35.3 Å². The summed E-state index contributed by atoms with van der Waals surface area (Å²) in [5, 5.41) is 8.80. The van der Waals surface area contributed by atoms with Gasteiger partial charge in [-0.05, 0) is 24.1 Å². The Bertz CT molecular complexity index is 742. The van der Waals surface area contributed by atoms with Gasteiger partial charge in [-0.3, -0.25) is 9.89 Å². The predicted octanol–water partition coefficient (Wildman–Crippen LogP) is 3.62. The van der Waals surface area contributed by atoms with Gasteiger partial charge in [-0.25, -0.2) is 9.37 Å². The molecule has 10 heteroatoms. The van der Waals surface area contributed by atoms with Crippen LogP contribution in [0.3, 0.4) is 0 Å². The molecule has 3 rings (SSSR count). The maximum absolute atomic E-state index is 13.4. The Morgan fingerprint density at radius 3 is 2.73 bits per heavy atom. The minimum absolute atomic E-state index is 0. The van der Waals surface area contributed by atoms with Gasteiger partial charge >= 0.3 is 0 Å². The monoisotopic (exact) mass is 565 g/mol. The van der Waals surface area contributed by atoms with Crippen LogP contribution in [0.4, 0.5) is 4.39 Å². The van der Waals surface area contributed by atoms with Gasteiger partial charge in [0.1, 0.15) is 10.2 Å². The lowest BCUT2D eigenvalue weighted by molar-refractivity contribution is 0.0170. The molecule has 2 aromatic rings. The van der Waals surface area contributed by atoms with Crippen LogP contribution in [0, 0.1) is 5.82 Å². The molecule has 0 amide bonds. The quantitative estimate of drug-likeness (QED) is 0.159. The Kier molecular flexibility index (Phi) is 12.0. The van der Waals surface area contributed by atoms with Crippen molar-refractivity contribution in [1.82, 2.24) is 20.5 Å². The lowest BCUT2D eigenvalue weighted by Crippen LogP contribution is -2.46. The second kappa shape index (κ2) is 14.2. The van der Waals surface area contributed by atoms with Crippen LogP contribution in [0.5, 0.6) is 0 Å². The molecular weight excluding hydrogens is 536 g/mol. The number of morpholine rings is 1. The molecule has 0 bridgehead atoms. The number of thioether (sulfide) groups is 1. The normalized spacial score (nSPS) is 16.0. The van der Waals surface area contributed by atoms with Crippen molar-refractivity contribution < 1.29 is 9.13 Å². The van der Waals surface area contributed by atoms with Crippen LogP contribution in [0.25, 0.3) is 0 Å². The number of rotatable bonds is 9. The Hall–Kier alpha value is -0.950. The smallest absolute Gasteiger partial charge is 0.191 e. The molecule has 0 saturated carbocycles. The van der Waals surface area contributed by atoms with Crippen LogP contribution in [-0.2, 0) is 4.74 Å². The first kappa shape index (κ1) is 25.3. The number of hydrogen-bond acceptors (Lipinski definition) is 6. The summed E-state index contributed by atoms with van der Waals surface area (Å²) in [5.41, 5.74) is 1.09. The minimum atomic E-state index is -0.212. The van der Waals surface area contributed by atoms with E-state index in [1.54, 1.807) is 30.1 Å². The highest BCUT2D eigenvalue weighted by atomic mass is 127. The average molecular weight is 566 g/mol. The van der Waals surface area contributed by atoms with Crippen LogP contribution < -0.4 is 10.6 Å². The van der Waals surface area contributed by atoms with E-state index in [0.29, 0.717) is 6.54 Å². The highest BCUT2D eigenvalue weighted by molar-refractivity contribution is 14.0. The zero-order chi connectivity index (χ0) is 20.3. The standard InChI is InChI=1S/C20H28FN5OS2.HI/c1-22-19(23-7-2-13-28-20-24-8-14-29-20)25-15-18(26-9-11-27-12-10-26)16-3-5-17(21)6-4-16;/h3-6,8,14,18H,2,7,9-13,15H2,1H3,(H2,22,23,25);1H. The number of guanidine groups is 1. The molecule has 2 N–H and O–H groups in total. The summed E-state index contributed by atoms with van der Waals surface area (Å²) < 4.78 is 20.0. The number of halogens is 2. The number of hydrogen-bond donors (Lipinski definition) is 2. The summed E-state index contributed by atoms with van der Waals surface area (Å²) in [5.74, 6) is 1.59. The summed E-state index contributed by atoms with van der Waals surface area (Å²) in [6.45, 7) is 4.71. The van der Waals surface area contributed by atoms with E-state index in [1.807, 2.05) is 23.7 Å². The molecule has 166 valence electrons. The molecule has 30 heavy (non-hydrogen) atoms. The zero-order valence-electron chi connectivity index (χ0n) is 17.1. The molecule has 6 nitrogen and oxygen atoms in total. The lowest BCUT2D eigenvalue weighted by Gasteiger charge is -2.35. The van der Waals surface area contributed by atoms with Gasteiger partial charge in [0.05, 0.1) is 19.3 Å². The molecule has 1 aromatic heterocycles. The summed E-state index contributed by atoms with van der Waals surface area (Å²) in [6.07, 6.45) is 2.86. The Morgan fingerprint density at radius 1 is 1.30 bits per heavy atom. The van der Waals surface area contributed by atoms with E-state index < -0.39 is 0 Å². The van der Waals surface area contributed by atoms with Crippen LogP contribution in [-0.4, -0.2) is 68.0 Å². The highest BCUT2D eigenvalue weighted by Gasteiger charge is 2.23. The summed E-state index contributed by atoms with van der Waals surface area (Å²) in [7, 11) is 1.78. The average Bonchev–Trinajstić information content (AvgIpc) is 3.27. The fourth-order valence-corrected chi connectivity index (χ4v) is 4.81. The number of aromatic nitrogens is 1. The number of thiazole rings is 1.